The number of carbonyl (C=O) groups is 2. The van der Waals surface area contributed by atoms with Gasteiger partial charge in [-0.3, -0.25) is 9.59 Å². The van der Waals surface area contributed by atoms with E-state index in [2.05, 4.69) is 21.8 Å². The first-order valence-corrected chi connectivity index (χ1v) is 7.33. The molecule has 0 atom stereocenters. The van der Waals surface area contributed by atoms with E-state index in [-0.39, 0.29) is 0 Å². The second-order valence-corrected chi connectivity index (χ2v) is 6.13. The number of ketones is 1. The third-order valence-corrected chi connectivity index (χ3v) is 4.10. The lowest BCUT2D eigenvalue weighted by Gasteiger charge is -2.15. The monoisotopic (exact) mass is 298 g/mol. The summed E-state index contributed by atoms with van der Waals surface area (Å²) < 4.78 is 2.09. The molecule has 0 bridgehead atoms. The summed E-state index contributed by atoms with van der Waals surface area (Å²) in [6.45, 7) is 0.799. The molecule has 0 unspecified atom stereocenters. The lowest BCUT2D eigenvalue weighted by atomic mass is 10.1. The van der Waals surface area contributed by atoms with Gasteiger partial charge in [-0.1, -0.05) is 30.3 Å². The van der Waals surface area contributed by atoms with Crippen molar-refractivity contribution in [3.05, 3.63) is 59.7 Å². The molecule has 0 saturated heterocycles. The number of fused-ring (bicyclic) bond motifs is 1. The van der Waals surface area contributed by atoms with Crippen LogP contribution in [0.25, 0.3) is 0 Å². The second-order valence-electron chi connectivity index (χ2n) is 4.85. The molecule has 0 radical (unpaired) electrons. The zero-order chi connectivity index (χ0) is 14.8. The largest absolute Gasteiger partial charge is 0.318 e. The van der Waals surface area contributed by atoms with Crippen LogP contribution in [0.1, 0.15) is 15.9 Å². The Kier molecular flexibility index (Phi) is 3.77. The van der Waals surface area contributed by atoms with E-state index in [4.69, 9.17) is 0 Å². The van der Waals surface area contributed by atoms with Crippen molar-refractivity contribution in [3.63, 3.8) is 0 Å². The number of rotatable bonds is 4. The van der Waals surface area contributed by atoms with Crippen LogP contribution in [-0.2, 0) is 11.3 Å². The van der Waals surface area contributed by atoms with Crippen LogP contribution in [0.3, 0.4) is 0 Å². The fourth-order valence-corrected chi connectivity index (χ4v) is 3.10. The number of Topliss-reactive ketones (excluding diaryl/α,β-unsaturated/α-hetero) is 1. The summed E-state index contributed by atoms with van der Waals surface area (Å²) in [6.07, 6.45) is 0. The van der Waals surface area contributed by atoms with Crippen LogP contribution in [0, 0.1) is 0 Å². The van der Waals surface area contributed by atoms with E-state index in [0.29, 0.717) is 11.3 Å². The van der Waals surface area contributed by atoms with Crippen LogP contribution in [0.15, 0.2) is 53.4 Å². The van der Waals surface area contributed by atoms with E-state index >= 15 is 0 Å². The maximum absolute atomic E-state index is 11.7. The van der Waals surface area contributed by atoms with Crippen molar-refractivity contribution in [2.45, 2.75) is 11.4 Å². The third-order valence-electron chi connectivity index (χ3n) is 3.20. The molecule has 1 aliphatic rings. The molecular weight excluding hydrogens is 284 g/mol. The minimum Gasteiger partial charge on any atom is -0.318 e. The maximum Gasteiger partial charge on any atom is 0.296 e. The van der Waals surface area contributed by atoms with Gasteiger partial charge in [0.2, 0.25) is 0 Å². The average molecular weight is 298 g/mol. The Morgan fingerprint density at radius 3 is 2.62 bits per heavy atom. The fourth-order valence-electron chi connectivity index (χ4n) is 2.23. The van der Waals surface area contributed by atoms with Gasteiger partial charge < -0.3 is 5.32 Å². The Bertz CT molecular complexity index is 701. The highest BCUT2D eigenvalue weighted by atomic mass is 32.2. The quantitative estimate of drug-likeness (QED) is 0.696. The molecule has 5 heteroatoms. The van der Waals surface area contributed by atoms with Gasteiger partial charge in [0.1, 0.15) is 0 Å². The van der Waals surface area contributed by atoms with E-state index in [1.807, 2.05) is 31.3 Å². The van der Waals surface area contributed by atoms with Gasteiger partial charge in [-0.25, -0.2) is 4.31 Å². The zero-order valence-corrected chi connectivity index (χ0v) is 12.3. The van der Waals surface area contributed by atoms with Crippen LogP contribution >= 0.6 is 11.9 Å². The lowest BCUT2D eigenvalue weighted by Crippen LogP contribution is -2.12. The first-order chi connectivity index (χ1) is 10.1. The van der Waals surface area contributed by atoms with Gasteiger partial charge in [0.15, 0.2) is 0 Å². The maximum atomic E-state index is 11.7. The van der Waals surface area contributed by atoms with Crippen LogP contribution in [-0.4, -0.2) is 23.0 Å². The SMILES string of the molecule is CN(Cc1ccccc1)Sc1ccc2c(c1)C(=O)C(=O)N2. The number of hydrogen-bond acceptors (Lipinski definition) is 4. The number of benzene rings is 2. The van der Waals surface area contributed by atoms with Crippen molar-refractivity contribution in [3.8, 4) is 0 Å². The number of anilines is 1. The minimum atomic E-state index is -0.551. The molecule has 1 aliphatic heterocycles. The van der Waals surface area contributed by atoms with Crippen molar-refractivity contribution in [2.24, 2.45) is 0 Å². The number of hydrogen-bond donors (Lipinski definition) is 1. The summed E-state index contributed by atoms with van der Waals surface area (Å²) in [4.78, 5) is 24.0. The number of nitrogens with zero attached hydrogens (tertiary/aromatic N) is 1. The number of amides is 1. The van der Waals surface area contributed by atoms with Crippen LogP contribution in [0.2, 0.25) is 0 Å². The summed E-state index contributed by atoms with van der Waals surface area (Å²) in [5.41, 5.74) is 2.28. The van der Waals surface area contributed by atoms with Gasteiger partial charge in [-0.15, -0.1) is 0 Å². The molecule has 1 amide bonds. The van der Waals surface area contributed by atoms with E-state index < -0.39 is 11.7 Å². The third kappa shape index (κ3) is 2.99. The van der Waals surface area contributed by atoms with Crippen molar-refractivity contribution >= 4 is 29.3 Å². The smallest absolute Gasteiger partial charge is 0.296 e. The highest BCUT2D eigenvalue weighted by Crippen LogP contribution is 2.30. The Hall–Kier alpha value is -2.11. The first-order valence-electron chi connectivity index (χ1n) is 6.56. The molecule has 106 valence electrons. The van der Waals surface area contributed by atoms with Crippen molar-refractivity contribution in [1.29, 1.82) is 0 Å². The second kappa shape index (κ2) is 5.71. The predicted octanol–water partition coefficient (Wildman–Crippen LogP) is 2.96. The van der Waals surface area contributed by atoms with Crippen LogP contribution in [0.5, 0.6) is 0 Å². The molecule has 2 aromatic rings. The molecule has 1 heterocycles. The fraction of sp³-hybridized carbons (Fsp3) is 0.125. The average Bonchev–Trinajstić information content (AvgIpc) is 2.75. The highest BCUT2D eigenvalue weighted by molar-refractivity contribution is 7.97. The normalized spacial score (nSPS) is 13.4. The van der Waals surface area contributed by atoms with Crippen molar-refractivity contribution in [2.75, 3.05) is 12.4 Å². The van der Waals surface area contributed by atoms with Gasteiger partial charge in [-0.2, -0.15) is 0 Å². The zero-order valence-electron chi connectivity index (χ0n) is 11.5. The Balaban J connectivity index is 1.71. The van der Waals surface area contributed by atoms with Gasteiger partial charge >= 0.3 is 0 Å². The molecular formula is C16H14N2O2S. The molecule has 2 aromatic carbocycles. The van der Waals surface area contributed by atoms with Crippen LogP contribution in [0.4, 0.5) is 5.69 Å². The summed E-state index contributed by atoms with van der Waals surface area (Å²) in [7, 11) is 2.00. The Morgan fingerprint density at radius 1 is 1.10 bits per heavy atom. The summed E-state index contributed by atoms with van der Waals surface area (Å²) in [6, 6.07) is 15.6. The number of nitrogens with one attached hydrogen (secondary N) is 1. The summed E-state index contributed by atoms with van der Waals surface area (Å²) in [5.74, 6) is -1.01. The number of carbonyl (C=O) groups excluding carboxylic acids is 2. The lowest BCUT2D eigenvalue weighted by molar-refractivity contribution is -0.112. The molecule has 0 spiro atoms. The first kappa shape index (κ1) is 13.9. The van der Waals surface area contributed by atoms with E-state index in [0.717, 1.165) is 11.4 Å². The van der Waals surface area contributed by atoms with Crippen molar-refractivity contribution < 1.29 is 9.59 Å². The molecule has 3 rings (SSSR count). The predicted molar refractivity (Wildman–Crippen MR) is 83.2 cm³/mol. The van der Waals surface area contributed by atoms with Crippen molar-refractivity contribution in [1.82, 2.24) is 4.31 Å². The van der Waals surface area contributed by atoms with Gasteiger partial charge in [0, 0.05) is 11.4 Å². The Labute approximate surface area is 127 Å². The minimum absolute atomic E-state index is 0.457. The van der Waals surface area contributed by atoms with E-state index in [9.17, 15) is 9.59 Å². The molecule has 21 heavy (non-hydrogen) atoms. The molecule has 1 N–H and O–H groups in total. The molecule has 4 nitrogen and oxygen atoms in total. The molecule has 0 fully saturated rings. The van der Waals surface area contributed by atoms with Gasteiger partial charge in [0.25, 0.3) is 11.7 Å². The molecule has 0 aromatic heterocycles. The Morgan fingerprint density at radius 2 is 1.86 bits per heavy atom. The topological polar surface area (TPSA) is 49.4 Å². The van der Waals surface area contributed by atoms with Gasteiger partial charge in [0.05, 0.1) is 11.3 Å². The van der Waals surface area contributed by atoms with E-state index in [1.54, 1.807) is 24.1 Å². The highest BCUT2D eigenvalue weighted by Gasteiger charge is 2.28. The van der Waals surface area contributed by atoms with Gasteiger partial charge in [-0.05, 0) is 42.8 Å². The van der Waals surface area contributed by atoms with E-state index in [1.165, 1.54) is 5.56 Å². The molecule has 0 aliphatic carbocycles. The summed E-state index contributed by atoms with van der Waals surface area (Å²) >= 11 is 1.55. The summed E-state index contributed by atoms with van der Waals surface area (Å²) in [5, 5.41) is 2.56. The standard InChI is InChI=1S/C16H14N2O2S/c1-18(10-11-5-3-2-4-6-11)21-12-7-8-14-13(9-12)15(19)16(20)17-14/h2-9H,10H2,1H3,(H,17,19,20). The molecule has 0 saturated carbocycles. The van der Waals surface area contributed by atoms with Crippen LogP contribution < -0.4 is 5.32 Å².